The van der Waals surface area contributed by atoms with Crippen LogP contribution in [-0.4, -0.2) is 38.1 Å². The van der Waals surface area contributed by atoms with Crippen molar-refractivity contribution in [3.8, 4) is 0 Å². The number of amides is 1. The molecule has 0 aliphatic carbocycles. The first-order valence-corrected chi connectivity index (χ1v) is 9.34. The minimum Gasteiger partial charge on any atom is -0.342 e. The van der Waals surface area contributed by atoms with Crippen LogP contribution in [0.5, 0.6) is 0 Å². The Balaban J connectivity index is 1.76. The first-order valence-electron chi connectivity index (χ1n) is 7.69. The fourth-order valence-corrected chi connectivity index (χ4v) is 4.81. The number of piperidine rings is 1. The van der Waals surface area contributed by atoms with Crippen LogP contribution in [0.25, 0.3) is 0 Å². The number of carbonyl (C=O) groups is 1. The maximum atomic E-state index is 12.3. The molecule has 2 heterocycles. The molecule has 0 spiro atoms. The Labute approximate surface area is 126 Å². The van der Waals surface area contributed by atoms with Gasteiger partial charge in [-0.25, -0.2) is 8.42 Å². The molecule has 1 aromatic carbocycles. The molecule has 0 N–H and O–H groups in total. The summed E-state index contributed by atoms with van der Waals surface area (Å²) in [7, 11) is -3.10. The number of sulfone groups is 1. The smallest absolute Gasteiger partial charge is 0.226 e. The molecule has 2 aliphatic rings. The minimum absolute atomic E-state index is 0.160. The molecule has 0 unspecified atom stereocenters. The van der Waals surface area contributed by atoms with E-state index in [1.807, 2.05) is 11.0 Å². The molecule has 1 saturated heterocycles. The first kappa shape index (κ1) is 14.6. The fourth-order valence-electron chi connectivity index (χ4n) is 3.23. The zero-order valence-corrected chi connectivity index (χ0v) is 13.0. The summed E-state index contributed by atoms with van der Waals surface area (Å²) in [6, 6.07) is 5.39. The van der Waals surface area contributed by atoms with Crippen LogP contribution in [0.4, 0.5) is 0 Å². The lowest BCUT2D eigenvalue weighted by Gasteiger charge is -2.27. The van der Waals surface area contributed by atoms with E-state index < -0.39 is 9.84 Å². The van der Waals surface area contributed by atoms with Gasteiger partial charge in [0.2, 0.25) is 5.91 Å². The fraction of sp³-hybridized carbons (Fsp3) is 0.562. The van der Waals surface area contributed by atoms with Crippen molar-refractivity contribution >= 4 is 15.7 Å². The summed E-state index contributed by atoms with van der Waals surface area (Å²) in [5, 5.41) is 0. The molecule has 114 valence electrons. The highest BCUT2D eigenvalue weighted by atomic mass is 32.2. The number of nitrogens with zero attached hydrogens (tertiary/aromatic N) is 1. The second kappa shape index (κ2) is 5.79. The van der Waals surface area contributed by atoms with E-state index in [2.05, 4.69) is 0 Å². The molecule has 1 aromatic rings. The Morgan fingerprint density at radius 3 is 2.62 bits per heavy atom. The number of benzene rings is 1. The van der Waals surface area contributed by atoms with Gasteiger partial charge in [0.1, 0.15) is 0 Å². The SMILES string of the molecule is O=C(Cc1ccc2c(c1)CCCS2(=O)=O)N1CCCCC1. The number of rotatable bonds is 2. The van der Waals surface area contributed by atoms with Crippen LogP contribution >= 0.6 is 0 Å². The summed E-state index contributed by atoms with van der Waals surface area (Å²) in [5.74, 6) is 0.403. The second-order valence-corrected chi connectivity index (χ2v) is 8.06. The topological polar surface area (TPSA) is 54.5 Å². The van der Waals surface area contributed by atoms with Gasteiger partial charge >= 0.3 is 0 Å². The van der Waals surface area contributed by atoms with Crippen molar-refractivity contribution in [1.29, 1.82) is 0 Å². The van der Waals surface area contributed by atoms with Crippen LogP contribution in [0.15, 0.2) is 23.1 Å². The summed E-state index contributed by atoms with van der Waals surface area (Å²) in [5.41, 5.74) is 1.81. The number of hydrogen-bond acceptors (Lipinski definition) is 3. The highest BCUT2D eigenvalue weighted by Gasteiger charge is 2.24. The zero-order chi connectivity index (χ0) is 14.9. The van der Waals surface area contributed by atoms with Gasteiger partial charge in [-0.3, -0.25) is 4.79 Å². The summed E-state index contributed by atoms with van der Waals surface area (Å²) in [6.07, 6.45) is 5.25. The lowest BCUT2D eigenvalue weighted by Crippen LogP contribution is -2.36. The van der Waals surface area contributed by atoms with Gasteiger partial charge in [0.05, 0.1) is 17.1 Å². The van der Waals surface area contributed by atoms with Gasteiger partial charge in [-0.2, -0.15) is 0 Å². The predicted octanol–water partition coefficient (Wildman–Crippen LogP) is 1.96. The van der Waals surface area contributed by atoms with E-state index in [1.165, 1.54) is 6.42 Å². The third kappa shape index (κ3) is 3.12. The Kier molecular flexibility index (Phi) is 4.02. The van der Waals surface area contributed by atoms with E-state index in [1.54, 1.807) is 12.1 Å². The van der Waals surface area contributed by atoms with Crippen molar-refractivity contribution in [3.63, 3.8) is 0 Å². The molecule has 0 saturated carbocycles. The lowest BCUT2D eigenvalue weighted by atomic mass is 10.0. The highest BCUT2D eigenvalue weighted by Crippen LogP contribution is 2.26. The van der Waals surface area contributed by atoms with Gasteiger partial charge in [0, 0.05) is 13.1 Å². The summed E-state index contributed by atoms with van der Waals surface area (Å²) in [6.45, 7) is 1.72. The average Bonchev–Trinajstić information content (AvgIpc) is 2.47. The number of likely N-dealkylation sites (tertiary alicyclic amines) is 1. The second-order valence-electron chi connectivity index (χ2n) is 5.98. The van der Waals surface area contributed by atoms with Crippen LogP contribution in [-0.2, 0) is 27.5 Å². The van der Waals surface area contributed by atoms with Crippen molar-refractivity contribution in [3.05, 3.63) is 29.3 Å². The van der Waals surface area contributed by atoms with Crippen LogP contribution in [0, 0.1) is 0 Å². The standard InChI is InChI=1S/C16H21NO3S/c18-16(17-8-2-1-3-9-17)12-13-6-7-15-14(11-13)5-4-10-21(15,19)20/h6-7,11H,1-5,8-10,12H2. The van der Waals surface area contributed by atoms with Gasteiger partial charge < -0.3 is 4.90 Å². The summed E-state index contributed by atoms with van der Waals surface area (Å²) < 4.78 is 24.0. The van der Waals surface area contributed by atoms with Gasteiger partial charge in [-0.1, -0.05) is 12.1 Å². The van der Waals surface area contributed by atoms with Gasteiger partial charge in [-0.05, 0) is 49.3 Å². The van der Waals surface area contributed by atoms with E-state index >= 15 is 0 Å². The molecule has 21 heavy (non-hydrogen) atoms. The van der Waals surface area contributed by atoms with Crippen LogP contribution in [0.3, 0.4) is 0 Å². The molecule has 2 aliphatic heterocycles. The van der Waals surface area contributed by atoms with Crippen LogP contribution < -0.4 is 0 Å². The quantitative estimate of drug-likeness (QED) is 0.839. The zero-order valence-electron chi connectivity index (χ0n) is 12.2. The highest BCUT2D eigenvalue weighted by molar-refractivity contribution is 7.91. The van der Waals surface area contributed by atoms with Crippen molar-refractivity contribution in [2.24, 2.45) is 0 Å². The van der Waals surface area contributed by atoms with E-state index in [-0.39, 0.29) is 11.7 Å². The number of carbonyl (C=O) groups excluding carboxylic acids is 1. The van der Waals surface area contributed by atoms with Crippen LogP contribution in [0.1, 0.15) is 36.8 Å². The molecule has 4 nitrogen and oxygen atoms in total. The van der Waals surface area contributed by atoms with Crippen molar-refractivity contribution < 1.29 is 13.2 Å². The van der Waals surface area contributed by atoms with Crippen molar-refractivity contribution in [2.75, 3.05) is 18.8 Å². The molecule has 0 aromatic heterocycles. The van der Waals surface area contributed by atoms with Gasteiger partial charge in [-0.15, -0.1) is 0 Å². The predicted molar refractivity (Wildman–Crippen MR) is 81.0 cm³/mol. The van der Waals surface area contributed by atoms with Gasteiger partial charge in [0.25, 0.3) is 0 Å². The van der Waals surface area contributed by atoms with E-state index in [0.717, 1.165) is 43.5 Å². The number of fused-ring (bicyclic) bond motifs is 1. The maximum Gasteiger partial charge on any atom is 0.226 e. The van der Waals surface area contributed by atoms with Crippen molar-refractivity contribution in [2.45, 2.75) is 43.4 Å². The molecular formula is C16H21NO3S. The average molecular weight is 307 g/mol. The monoisotopic (exact) mass is 307 g/mol. The molecule has 0 atom stereocenters. The third-order valence-electron chi connectivity index (χ3n) is 4.38. The first-order chi connectivity index (χ1) is 10.1. The Morgan fingerprint density at radius 2 is 1.86 bits per heavy atom. The number of aryl methyl sites for hydroxylation is 1. The largest absolute Gasteiger partial charge is 0.342 e. The molecule has 0 bridgehead atoms. The molecule has 1 fully saturated rings. The van der Waals surface area contributed by atoms with E-state index in [4.69, 9.17) is 0 Å². The lowest BCUT2D eigenvalue weighted by molar-refractivity contribution is -0.131. The molecule has 0 radical (unpaired) electrons. The van der Waals surface area contributed by atoms with E-state index in [0.29, 0.717) is 17.7 Å². The maximum absolute atomic E-state index is 12.3. The third-order valence-corrected chi connectivity index (χ3v) is 6.28. The normalized spacial score (nSPS) is 20.9. The summed E-state index contributed by atoms with van der Waals surface area (Å²) in [4.78, 5) is 14.7. The Bertz CT molecular complexity index is 645. The molecule has 5 heteroatoms. The Hall–Kier alpha value is -1.36. The number of hydrogen-bond donors (Lipinski definition) is 0. The van der Waals surface area contributed by atoms with Crippen LogP contribution in [0.2, 0.25) is 0 Å². The van der Waals surface area contributed by atoms with E-state index in [9.17, 15) is 13.2 Å². The summed E-state index contributed by atoms with van der Waals surface area (Å²) >= 11 is 0. The molecule has 3 rings (SSSR count). The molecule has 1 amide bonds. The molecular weight excluding hydrogens is 286 g/mol. The van der Waals surface area contributed by atoms with Crippen molar-refractivity contribution in [1.82, 2.24) is 4.90 Å². The minimum atomic E-state index is -3.10. The van der Waals surface area contributed by atoms with Gasteiger partial charge in [0.15, 0.2) is 9.84 Å². The Morgan fingerprint density at radius 1 is 1.10 bits per heavy atom.